The number of rotatable bonds is 5. The number of nitrogens with zero attached hydrogens (tertiary/aromatic N) is 3. The number of likely N-dealkylation sites (tertiary alicyclic amines) is 1. The maximum absolute atomic E-state index is 13.4. The fraction of sp³-hybridized carbons (Fsp3) is 0.417. The molecule has 1 saturated heterocycles. The zero-order valence-electron chi connectivity index (χ0n) is 17.6. The molecule has 158 valence electrons. The second-order valence-electron chi connectivity index (χ2n) is 8.24. The van der Waals surface area contributed by atoms with Gasteiger partial charge in [0.05, 0.1) is 25.4 Å². The molecule has 0 N–H and O–H groups in total. The van der Waals surface area contributed by atoms with E-state index in [2.05, 4.69) is 16.9 Å². The van der Waals surface area contributed by atoms with Gasteiger partial charge in [-0.15, -0.1) is 0 Å². The number of amides is 1. The van der Waals surface area contributed by atoms with Gasteiger partial charge < -0.3 is 4.74 Å². The van der Waals surface area contributed by atoms with Gasteiger partial charge in [0.25, 0.3) is 5.91 Å². The van der Waals surface area contributed by atoms with E-state index >= 15 is 0 Å². The van der Waals surface area contributed by atoms with Crippen molar-refractivity contribution in [1.29, 1.82) is 0 Å². The Kier molecular flexibility index (Phi) is 6.13. The molecule has 2 heterocycles. The highest BCUT2D eigenvalue weighted by Crippen LogP contribution is 2.34. The number of carbonyl (C=O) groups is 1. The van der Waals surface area contributed by atoms with Crippen LogP contribution in [0.4, 0.5) is 4.39 Å². The first-order valence-corrected chi connectivity index (χ1v) is 10.6. The predicted molar refractivity (Wildman–Crippen MR) is 115 cm³/mol. The van der Waals surface area contributed by atoms with Gasteiger partial charge in [-0.25, -0.2) is 9.40 Å². The Labute approximate surface area is 177 Å². The van der Waals surface area contributed by atoms with Gasteiger partial charge in [0.15, 0.2) is 0 Å². The summed E-state index contributed by atoms with van der Waals surface area (Å²) in [6, 6.07) is 13.9. The summed E-state index contributed by atoms with van der Waals surface area (Å²) in [4.78, 5) is 15.4. The number of hydrogen-bond acceptors (Lipinski definition) is 4. The highest BCUT2D eigenvalue weighted by atomic mass is 19.1. The van der Waals surface area contributed by atoms with Gasteiger partial charge in [-0.1, -0.05) is 31.2 Å². The van der Waals surface area contributed by atoms with E-state index in [1.54, 1.807) is 24.3 Å². The van der Waals surface area contributed by atoms with Crippen molar-refractivity contribution in [2.75, 3.05) is 26.7 Å². The maximum Gasteiger partial charge on any atom is 0.257 e. The predicted octanol–water partition coefficient (Wildman–Crippen LogP) is 4.24. The van der Waals surface area contributed by atoms with Gasteiger partial charge in [-0.3, -0.25) is 9.69 Å². The van der Waals surface area contributed by atoms with Crippen molar-refractivity contribution in [3.05, 3.63) is 65.5 Å². The summed E-state index contributed by atoms with van der Waals surface area (Å²) in [5.41, 5.74) is 2.66. The molecule has 0 bridgehead atoms. The number of hydrazone groups is 1. The Balaban J connectivity index is 1.57. The lowest BCUT2D eigenvalue weighted by atomic mass is 9.98. The van der Waals surface area contributed by atoms with Crippen LogP contribution in [0.5, 0.6) is 5.75 Å². The van der Waals surface area contributed by atoms with Gasteiger partial charge in [0, 0.05) is 6.42 Å². The van der Waals surface area contributed by atoms with Gasteiger partial charge in [-0.05, 0) is 67.2 Å². The molecule has 1 amide bonds. The number of carbonyl (C=O) groups excluding carboxylic acids is 1. The first-order chi connectivity index (χ1) is 14.5. The van der Waals surface area contributed by atoms with Crippen LogP contribution in [0.3, 0.4) is 0 Å². The zero-order valence-corrected chi connectivity index (χ0v) is 17.6. The average Bonchev–Trinajstić information content (AvgIpc) is 3.21. The normalized spacial score (nSPS) is 20.3. The number of halogens is 1. The van der Waals surface area contributed by atoms with E-state index in [0.717, 1.165) is 54.4 Å². The zero-order chi connectivity index (χ0) is 21.1. The molecule has 5 nitrogen and oxygen atoms in total. The molecule has 2 aromatic rings. The first kappa shape index (κ1) is 20.5. The molecule has 6 heteroatoms. The summed E-state index contributed by atoms with van der Waals surface area (Å²) in [6.45, 7) is 4.53. The maximum atomic E-state index is 13.4. The molecule has 0 saturated carbocycles. The number of ether oxygens (including phenoxy) is 1. The third kappa shape index (κ3) is 4.54. The fourth-order valence-corrected chi connectivity index (χ4v) is 4.13. The number of methoxy groups -OCH3 is 1. The van der Waals surface area contributed by atoms with E-state index in [4.69, 9.17) is 4.74 Å². The van der Waals surface area contributed by atoms with Gasteiger partial charge in [-0.2, -0.15) is 5.10 Å². The Bertz CT molecular complexity index is 903. The van der Waals surface area contributed by atoms with Crippen molar-refractivity contribution in [1.82, 2.24) is 9.91 Å². The molecule has 1 atom stereocenters. The molecule has 1 fully saturated rings. The second-order valence-corrected chi connectivity index (χ2v) is 8.24. The molecule has 0 spiro atoms. The lowest BCUT2D eigenvalue weighted by Gasteiger charge is -2.31. The molecule has 4 rings (SSSR count). The molecule has 2 aliphatic heterocycles. The summed E-state index contributed by atoms with van der Waals surface area (Å²) in [5, 5.41) is 6.31. The van der Waals surface area contributed by atoms with Gasteiger partial charge in [0.2, 0.25) is 0 Å². The van der Waals surface area contributed by atoms with E-state index in [-0.39, 0.29) is 17.8 Å². The van der Waals surface area contributed by atoms with Crippen LogP contribution < -0.4 is 4.74 Å². The largest absolute Gasteiger partial charge is 0.497 e. The van der Waals surface area contributed by atoms with Crippen molar-refractivity contribution in [3.63, 3.8) is 0 Å². The summed E-state index contributed by atoms with van der Waals surface area (Å²) >= 11 is 0. The minimum absolute atomic E-state index is 0.00230. The SMILES string of the molecule is COc1ccc([C@H]2CC(c3ccc(F)cc3)=NN2C(=O)CN2CCC(C)CC2)cc1. The Hall–Kier alpha value is -2.73. The van der Waals surface area contributed by atoms with Crippen molar-refractivity contribution >= 4 is 11.6 Å². The van der Waals surface area contributed by atoms with Crippen LogP contribution in [0.25, 0.3) is 0 Å². The smallest absolute Gasteiger partial charge is 0.257 e. The van der Waals surface area contributed by atoms with Crippen LogP contribution in [0.15, 0.2) is 53.6 Å². The van der Waals surface area contributed by atoms with Crippen LogP contribution in [0.2, 0.25) is 0 Å². The first-order valence-electron chi connectivity index (χ1n) is 10.6. The minimum Gasteiger partial charge on any atom is -0.497 e. The van der Waals surface area contributed by atoms with Crippen LogP contribution in [0, 0.1) is 11.7 Å². The molecule has 0 aromatic heterocycles. The summed E-state index contributed by atoms with van der Waals surface area (Å²) in [6.07, 6.45) is 2.85. The highest BCUT2D eigenvalue weighted by Gasteiger charge is 2.34. The van der Waals surface area contributed by atoms with E-state index in [1.165, 1.54) is 12.1 Å². The molecular weight excluding hydrogens is 381 g/mol. The van der Waals surface area contributed by atoms with Gasteiger partial charge in [0.1, 0.15) is 11.6 Å². The standard InChI is InChI=1S/C24H28FN3O2/c1-17-11-13-27(14-12-17)16-24(29)28-23(19-5-9-21(30-2)10-6-19)15-22(26-28)18-3-7-20(25)8-4-18/h3-10,17,23H,11-16H2,1-2H3/t23-/m1/s1. The molecule has 0 radical (unpaired) electrons. The molecule has 2 aromatic carbocycles. The van der Waals surface area contributed by atoms with Crippen LogP contribution in [0.1, 0.15) is 43.4 Å². The van der Waals surface area contributed by atoms with Crippen LogP contribution in [-0.2, 0) is 4.79 Å². The van der Waals surface area contributed by atoms with E-state index in [0.29, 0.717) is 13.0 Å². The molecular formula is C24H28FN3O2. The lowest BCUT2D eigenvalue weighted by Crippen LogP contribution is -2.41. The van der Waals surface area contributed by atoms with Crippen molar-refractivity contribution in [3.8, 4) is 5.75 Å². The minimum atomic E-state index is -0.281. The summed E-state index contributed by atoms with van der Waals surface area (Å²) in [5.74, 6) is 1.22. The summed E-state index contributed by atoms with van der Waals surface area (Å²) in [7, 11) is 1.63. The van der Waals surface area contributed by atoms with Crippen molar-refractivity contribution in [2.24, 2.45) is 11.0 Å². The molecule has 30 heavy (non-hydrogen) atoms. The Morgan fingerprint density at radius 1 is 1.10 bits per heavy atom. The number of hydrogen-bond donors (Lipinski definition) is 0. The highest BCUT2D eigenvalue weighted by molar-refractivity contribution is 6.03. The quantitative estimate of drug-likeness (QED) is 0.742. The third-order valence-electron chi connectivity index (χ3n) is 6.08. The Morgan fingerprint density at radius 3 is 2.40 bits per heavy atom. The molecule has 0 unspecified atom stereocenters. The summed E-state index contributed by atoms with van der Waals surface area (Å²) < 4.78 is 18.6. The van der Waals surface area contributed by atoms with E-state index in [9.17, 15) is 9.18 Å². The van der Waals surface area contributed by atoms with Crippen LogP contribution in [-0.4, -0.2) is 48.3 Å². The topological polar surface area (TPSA) is 45.1 Å². The van der Waals surface area contributed by atoms with Crippen molar-refractivity contribution < 1.29 is 13.9 Å². The van der Waals surface area contributed by atoms with Gasteiger partial charge >= 0.3 is 0 Å². The number of benzene rings is 2. The van der Waals surface area contributed by atoms with Crippen LogP contribution >= 0.6 is 0 Å². The fourth-order valence-electron chi connectivity index (χ4n) is 4.13. The third-order valence-corrected chi connectivity index (χ3v) is 6.08. The second kappa shape index (κ2) is 8.96. The molecule has 2 aliphatic rings. The number of piperidine rings is 1. The monoisotopic (exact) mass is 409 g/mol. The van der Waals surface area contributed by atoms with E-state index in [1.807, 2.05) is 24.3 Å². The lowest BCUT2D eigenvalue weighted by molar-refractivity contribution is -0.134. The van der Waals surface area contributed by atoms with Crippen molar-refractivity contribution in [2.45, 2.75) is 32.2 Å². The van der Waals surface area contributed by atoms with E-state index < -0.39 is 0 Å². The molecule has 0 aliphatic carbocycles. The Morgan fingerprint density at radius 2 is 1.77 bits per heavy atom. The average molecular weight is 410 g/mol.